The first-order valence-electron chi connectivity index (χ1n) is 8.43. The number of aromatic nitrogens is 1. The van der Waals surface area contributed by atoms with Crippen LogP contribution < -0.4 is 20.1 Å². The lowest BCUT2D eigenvalue weighted by Gasteiger charge is -2.14. The Morgan fingerprint density at radius 3 is 2.58 bits per heavy atom. The first-order chi connectivity index (χ1) is 12.2. The summed E-state index contributed by atoms with van der Waals surface area (Å²) in [5.74, 6) is 2.22. The predicted octanol–water partition coefficient (Wildman–Crippen LogP) is 3.15. The van der Waals surface area contributed by atoms with Crippen molar-refractivity contribution in [3.63, 3.8) is 0 Å². The normalized spacial score (nSPS) is 10.7. The smallest absolute Gasteiger partial charge is 0.218 e. The Balaban J connectivity index is 0.00000338. The molecule has 1 aromatic carbocycles. The van der Waals surface area contributed by atoms with Gasteiger partial charge in [0, 0.05) is 25.4 Å². The van der Waals surface area contributed by atoms with Crippen LogP contribution in [0, 0.1) is 6.92 Å². The molecule has 0 unspecified atom stereocenters. The van der Waals surface area contributed by atoms with Crippen LogP contribution in [0.5, 0.6) is 11.6 Å². The highest BCUT2D eigenvalue weighted by atomic mass is 127. The molecule has 2 rings (SSSR count). The second-order valence-corrected chi connectivity index (χ2v) is 5.41. The average molecular weight is 470 g/mol. The SMILES string of the molecule is CCOc1ncccc1CNC(=NC)NCCOc1ccc(C)cc1.I. The highest BCUT2D eigenvalue weighted by molar-refractivity contribution is 14.0. The van der Waals surface area contributed by atoms with Crippen molar-refractivity contribution in [3.8, 4) is 11.6 Å². The van der Waals surface area contributed by atoms with Crippen LogP contribution >= 0.6 is 24.0 Å². The van der Waals surface area contributed by atoms with Crippen LogP contribution in [0.1, 0.15) is 18.1 Å². The zero-order valence-electron chi connectivity index (χ0n) is 15.5. The van der Waals surface area contributed by atoms with Crippen LogP contribution in [0.2, 0.25) is 0 Å². The van der Waals surface area contributed by atoms with E-state index in [0.717, 1.165) is 11.3 Å². The summed E-state index contributed by atoms with van der Waals surface area (Å²) in [6.45, 7) is 6.38. The number of rotatable bonds is 8. The quantitative estimate of drug-likeness (QED) is 0.269. The maximum Gasteiger partial charge on any atom is 0.218 e. The van der Waals surface area contributed by atoms with E-state index in [4.69, 9.17) is 9.47 Å². The van der Waals surface area contributed by atoms with Crippen LogP contribution in [0.4, 0.5) is 0 Å². The standard InChI is InChI=1S/C19H26N4O2.HI/c1-4-24-18-16(6-5-11-21-18)14-23-19(20-3)22-12-13-25-17-9-7-15(2)8-10-17;/h5-11H,4,12-14H2,1-3H3,(H2,20,22,23);1H. The Morgan fingerprint density at radius 2 is 1.88 bits per heavy atom. The van der Waals surface area contributed by atoms with Crippen molar-refractivity contribution in [2.24, 2.45) is 4.99 Å². The van der Waals surface area contributed by atoms with Crippen molar-refractivity contribution in [1.29, 1.82) is 0 Å². The second-order valence-electron chi connectivity index (χ2n) is 5.41. The molecule has 0 radical (unpaired) electrons. The summed E-state index contributed by atoms with van der Waals surface area (Å²) >= 11 is 0. The molecule has 0 saturated carbocycles. The molecule has 0 aliphatic carbocycles. The van der Waals surface area contributed by atoms with Gasteiger partial charge in [0.15, 0.2) is 5.96 Å². The molecule has 7 heteroatoms. The molecule has 0 saturated heterocycles. The third-order valence-electron chi connectivity index (χ3n) is 3.49. The number of aliphatic imine (C=N–C) groups is 1. The van der Waals surface area contributed by atoms with E-state index in [2.05, 4.69) is 27.5 Å². The maximum absolute atomic E-state index is 5.69. The van der Waals surface area contributed by atoms with Crippen molar-refractivity contribution in [2.75, 3.05) is 26.8 Å². The molecule has 1 heterocycles. The van der Waals surface area contributed by atoms with Crippen molar-refractivity contribution in [3.05, 3.63) is 53.7 Å². The molecule has 1 aromatic heterocycles. The monoisotopic (exact) mass is 470 g/mol. The second kappa shape index (κ2) is 12.3. The Hall–Kier alpha value is -2.03. The van der Waals surface area contributed by atoms with Gasteiger partial charge in [0.2, 0.25) is 5.88 Å². The highest BCUT2D eigenvalue weighted by Gasteiger charge is 2.05. The number of nitrogens with zero attached hydrogens (tertiary/aromatic N) is 2. The lowest BCUT2D eigenvalue weighted by molar-refractivity contribution is 0.320. The molecule has 0 aliphatic rings. The summed E-state index contributed by atoms with van der Waals surface area (Å²) in [5, 5.41) is 6.48. The maximum atomic E-state index is 5.69. The number of nitrogens with one attached hydrogen (secondary N) is 2. The molecule has 0 aliphatic heterocycles. The van der Waals surface area contributed by atoms with Gasteiger partial charge in [-0.1, -0.05) is 23.8 Å². The van der Waals surface area contributed by atoms with Crippen LogP contribution in [0.15, 0.2) is 47.6 Å². The fourth-order valence-electron chi connectivity index (χ4n) is 2.20. The minimum absolute atomic E-state index is 0. The zero-order chi connectivity index (χ0) is 17.9. The Morgan fingerprint density at radius 1 is 1.12 bits per heavy atom. The third-order valence-corrected chi connectivity index (χ3v) is 3.49. The molecule has 0 spiro atoms. The average Bonchev–Trinajstić information content (AvgIpc) is 2.64. The molecule has 26 heavy (non-hydrogen) atoms. The summed E-state index contributed by atoms with van der Waals surface area (Å²) < 4.78 is 11.2. The van der Waals surface area contributed by atoms with Crippen molar-refractivity contribution < 1.29 is 9.47 Å². The first-order valence-corrected chi connectivity index (χ1v) is 8.43. The number of hydrogen-bond acceptors (Lipinski definition) is 4. The lowest BCUT2D eigenvalue weighted by Crippen LogP contribution is -2.39. The van der Waals surface area contributed by atoms with E-state index >= 15 is 0 Å². The summed E-state index contributed by atoms with van der Waals surface area (Å²) in [6.07, 6.45) is 1.73. The van der Waals surface area contributed by atoms with Gasteiger partial charge < -0.3 is 20.1 Å². The van der Waals surface area contributed by atoms with Crippen molar-refractivity contribution in [2.45, 2.75) is 20.4 Å². The van der Waals surface area contributed by atoms with E-state index in [9.17, 15) is 0 Å². The van der Waals surface area contributed by atoms with Gasteiger partial charge in [-0.05, 0) is 32.0 Å². The van der Waals surface area contributed by atoms with E-state index in [1.165, 1.54) is 5.56 Å². The van der Waals surface area contributed by atoms with Gasteiger partial charge in [0.25, 0.3) is 0 Å². The van der Waals surface area contributed by atoms with E-state index in [1.807, 2.05) is 43.3 Å². The van der Waals surface area contributed by atoms with E-state index < -0.39 is 0 Å². The highest BCUT2D eigenvalue weighted by Crippen LogP contribution is 2.13. The number of hydrogen-bond donors (Lipinski definition) is 2. The molecular weight excluding hydrogens is 443 g/mol. The predicted molar refractivity (Wildman–Crippen MR) is 116 cm³/mol. The molecule has 6 nitrogen and oxygen atoms in total. The number of pyridine rings is 1. The lowest BCUT2D eigenvalue weighted by atomic mass is 10.2. The molecule has 0 bridgehead atoms. The van der Waals surface area contributed by atoms with Gasteiger partial charge in [-0.15, -0.1) is 24.0 Å². The molecular formula is C19H27IN4O2. The molecule has 0 atom stereocenters. The minimum atomic E-state index is 0. The Labute approximate surface area is 172 Å². The first kappa shape index (κ1) is 22.0. The third kappa shape index (κ3) is 7.47. The number of aryl methyl sites for hydroxylation is 1. The van der Waals surface area contributed by atoms with Gasteiger partial charge >= 0.3 is 0 Å². The van der Waals surface area contributed by atoms with Gasteiger partial charge in [-0.25, -0.2) is 4.98 Å². The molecule has 2 N–H and O–H groups in total. The van der Waals surface area contributed by atoms with E-state index in [0.29, 0.717) is 38.1 Å². The molecule has 142 valence electrons. The van der Waals surface area contributed by atoms with Crippen LogP contribution in [-0.4, -0.2) is 37.7 Å². The van der Waals surface area contributed by atoms with Gasteiger partial charge in [-0.3, -0.25) is 4.99 Å². The Kier molecular flexibility index (Phi) is 10.5. The van der Waals surface area contributed by atoms with E-state index in [-0.39, 0.29) is 24.0 Å². The number of ether oxygens (including phenoxy) is 2. The number of halogens is 1. The zero-order valence-corrected chi connectivity index (χ0v) is 17.8. The summed E-state index contributed by atoms with van der Waals surface area (Å²) in [4.78, 5) is 8.46. The van der Waals surface area contributed by atoms with Crippen molar-refractivity contribution >= 4 is 29.9 Å². The number of benzene rings is 1. The topological polar surface area (TPSA) is 67.8 Å². The van der Waals surface area contributed by atoms with E-state index in [1.54, 1.807) is 13.2 Å². The number of guanidine groups is 1. The molecule has 0 fully saturated rings. The fourth-order valence-corrected chi connectivity index (χ4v) is 2.20. The molecule has 2 aromatic rings. The summed E-state index contributed by atoms with van der Waals surface area (Å²) in [6, 6.07) is 11.9. The Bertz CT molecular complexity index is 677. The summed E-state index contributed by atoms with van der Waals surface area (Å²) in [7, 11) is 1.74. The van der Waals surface area contributed by atoms with Crippen LogP contribution in [-0.2, 0) is 6.54 Å². The minimum Gasteiger partial charge on any atom is -0.492 e. The molecule has 0 amide bonds. The van der Waals surface area contributed by atoms with Crippen LogP contribution in [0.25, 0.3) is 0 Å². The van der Waals surface area contributed by atoms with Crippen molar-refractivity contribution in [1.82, 2.24) is 15.6 Å². The van der Waals surface area contributed by atoms with Gasteiger partial charge in [0.05, 0.1) is 13.2 Å². The van der Waals surface area contributed by atoms with Gasteiger partial charge in [-0.2, -0.15) is 0 Å². The fraction of sp³-hybridized carbons (Fsp3) is 0.368. The largest absolute Gasteiger partial charge is 0.492 e. The van der Waals surface area contributed by atoms with Gasteiger partial charge in [0.1, 0.15) is 12.4 Å². The summed E-state index contributed by atoms with van der Waals surface area (Å²) in [5.41, 5.74) is 2.21. The van der Waals surface area contributed by atoms with Crippen LogP contribution in [0.3, 0.4) is 0 Å².